The fourth-order valence-electron chi connectivity index (χ4n) is 0.342. The highest BCUT2D eigenvalue weighted by atomic mass is 32.1. The topological polar surface area (TPSA) is 44.0 Å². The van der Waals surface area contributed by atoms with Crippen LogP contribution >= 0.6 is 11.3 Å². The van der Waals surface area contributed by atoms with Gasteiger partial charge in [0, 0.05) is 7.11 Å². The van der Waals surface area contributed by atoms with E-state index in [2.05, 4.69) is 0 Å². The van der Waals surface area contributed by atoms with Gasteiger partial charge in [0.05, 0.1) is 0 Å². The predicted molar refractivity (Wildman–Crippen MR) is 37.2 cm³/mol. The number of aliphatic hydroxyl groups excluding tert-OH is 1. The molecule has 1 heterocycles. The zero-order chi connectivity index (χ0) is 7.11. The van der Waals surface area contributed by atoms with Crippen LogP contribution in [-0.4, -0.2) is 12.2 Å². The number of hydrogen-bond donors (Lipinski definition) is 1. The highest BCUT2D eigenvalue weighted by Gasteiger charge is 1.82. The Hall–Kier alpha value is -0.850. The summed E-state index contributed by atoms with van der Waals surface area (Å²) in [5, 5.41) is 17.1. The molecular formula is C6H7NOS. The Labute approximate surface area is 58.0 Å². The number of thiophene rings is 1. The fourth-order valence-corrected chi connectivity index (χ4v) is 0.856. The van der Waals surface area contributed by atoms with E-state index in [0.29, 0.717) is 0 Å². The number of nitrogens with zero attached hydrogens (tertiary/aromatic N) is 1. The molecule has 0 atom stereocenters. The van der Waals surface area contributed by atoms with Crippen molar-refractivity contribution in [3.05, 3.63) is 22.4 Å². The summed E-state index contributed by atoms with van der Waals surface area (Å²) in [6.07, 6.45) is 0. The van der Waals surface area contributed by atoms with Crippen molar-refractivity contribution in [2.24, 2.45) is 0 Å². The van der Waals surface area contributed by atoms with Crippen LogP contribution in [0.25, 0.3) is 0 Å². The van der Waals surface area contributed by atoms with Gasteiger partial charge < -0.3 is 5.11 Å². The summed E-state index contributed by atoms with van der Waals surface area (Å²) in [5.41, 5.74) is 0. The molecule has 0 aliphatic rings. The van der Waals surface area contributed by atoms with E-state index < -0.39 is 0 Å². The van der Waals surface area contributed by atoms with Gasteiger partial charge in [0.2, 0.25) is 0 Å². The van der Waals surface area contributed by atoms with Crippen LogP contribution in [0, 0.1) is 11.3 Å². The second kappa shape index (κ2) is 5.29. The molecule has 3 heteroatoms. The van der Waals surface area contributed by atoms with Gasteiger partial charge in [-0.1, -0.05) is 6.07 Å². The second-order valence-corrected chi connectivity index (χ2v) is 2.04. The molecule has 48 valence electrons. The van der Waals surface area contributed by atoms with Gasteiger partial charge in [0.1, 0.15) is 10.9 Å². The van der Waals surface area contributed by atoms with E-state index in [1.165, 1.54) is 11.3 Å². The summed E-state index contributed by atoms with van der Waals surface area (Å²) >= 11 is 1.46. The zero-order valence-corrected chi connectivity index (χ0v) is 5.85. The molecule has 0 unspecified atom stereocenters. The van der Waals surface area contributed by atoms with Crippen molar-refractivity contribution in [2.45, 2.75) is 0 Å². The van der Waals surface area contributed by atoms with Crippen LogP contribution in [0.3, 0.4) is 0 Å². The van der Waals surface area contributed by atoms with Gasteiger partial charge in [-0.05, 0) is 11.4 Å². The van der Waals surface area contributed by atoms with Crippen molar-refractivity contribution in [1.82, 2.24) is 0 Å². The van der Waals surface area contributed by atoms with Crippen molar-refractivity contribution in [1.29, 1.82) is 5.26 Å². The first kappa shape index (κ1) is 8.15. The van der Waals surface area contributed by atoms with E-state index in [0.717, 1.165) is 12.0 Å². The first-order valence-corrected chi connectivity index (χ1v) is 3.20. The molecule has 1 aromatic rings. The van der Waals surface area contributed by atoms with Crippen LogP contribution in [0.15, 0.2) is 17.5 Å². The van der Waals surface area contributed by atoms with Gasteiger partial charge in [0.15, 0.2) is 0 Å². The van der Waals surface area contributed by atoms with Crippen molar-refractivity contribution in [3.8, 4) is 6.07 Å². The lowest BCUT2D eigenvalue weighted by Crippen LogP contribution is -1.50. The maximum Gasteiger partial charge on any atom is 0.110 e. The molecule has 0 aliphatic carbocycles. The third kappa shape index (κ3) is 2.85. The van der Waals surface area contributed by atoms with E-state index >= 15 is 0 Å². The largest absolute Gasteiger partial charge is 0.400 e. The lowest BCUT2D eigenvalue weighted by molar-refractivity contribution is 0.399. The van der Waals surface area contributed by atoms with Crippen LogP contribution in [0.2, 0.25) is 0 Å². The number of rotatable bonds is 0. The first-order valence-electron chi connectivity index (χ1n) is 2.32. The van der Waals surface area contributed by atoms with Crippen LogP contribution < -0.4 is 0 Å². The molecular weight excluding hydrogens is 134 g/mol. The molecule has 0 aromatic carbocycles. The summed E-state index contributed by atoms with van der Waals surface area (Å²) in [6.45, 7) is 0. The molecule has 2 nitrogen and oxygen atoms in total. The minimum absolute atomic E-state index is 0.778. The highest BCUT2D eigenvalue weighted by Crippen LogP contribution is 2.04. The van der Waals surface area contributed by atoms with Crippen LogP contribution in [0.1, 0.15) is 4.88 Å². The minimum atomic E-state index is 0.778. The lowest BCUT2D eigenvalue weighted by atomic mass is 10.5. The summed E-state index contributed by atoms with van der Waals surface area (Å²) < 4.78 is 0. The molecule has 0 saturated carbocycles. The Kier molecular flexibility index (Phi) is 4.79. The predicted octanol–water partition coefficient (Wildman–Crippen LogP) is 1.23. The molecule has 0 spiro atoms. The van der Waals surface area contributed by atoms with Crippen molar-refractivity contribution < 1.29 is 5.11 Å². The average Bonchev–Trinajstić information content (AvgIpc) is 2.43. The number of nitriles is 1. The maximum atomic E-state index is 8.19. The van der Waals surface area contributed by atoms with Crippen LogP contribution in [-0.2, 0) is 0 Å². The fraction of sp³-hybridized carbons (Fsp3) is 0.167. The minimum Gasteiger partial charge on any atom is -0.400 e. The molecule has 0 bridgehead atoms. The SMILES string of the molecule is CO.N#Cc1cccs1. The number of hydrogen-bond acceptors (Lipinski definition) is 3. The Balaban J connectivity index is 0.000000291. The van der Waals surface area contributed by atoms with Crippen LogP contribution in [0.5, 0.6) is 0 Å². The van der Waals surface area contributed by atoms with Crippen molar-refractivity contribution in [2.75, 3.05) is 7.11 Å². The number of aliphatic hydroxyl groups is 1. The van der Waals surface area contributed by atoms with Gasteiger partial charge in [-0.25, -0.2) is 0 Å². The van der Waals surface area contributed by atoms with E-state index in [1.807, 2.05) is 17.5 Å². The maximum absolute atomic E-state index is 8.19. The third-order valence-corrected chi connectivity index (χ3v) is 1.41. The van der Waals surface area contributed by atoms with E-state index in [9.17, 15) is 0 Å². The summed E-state index contributed by atoms with van der Waals surface area (Å²) in [5.74, 6) is 0. The molecule has 0 saturated heterocycles. The lowest BCUT2D eigenvalue weighted by Gasteiger charge is -1.62. The Morgan fingerprint density at radius 3 is 2.56 bits per heavy atom. The highest BCUT2D eigenvalue weighted by molar-refractivity contribution is 7.10. The Morgan fingerprint density at radius 2 is 2.33 bits per heavy atom. The molecule has 0 fully saturated rings. The van der Waals surface area contributed by atoms with Crippen molar-refractivity contribution in [3.63, 3.8) is 0 Å². The van der Waals surface area contributed by atoms with Gasteiger partial charge in [-0.2, -0.15) is 5.26 Å². The smallest absolute Gasteiger partial charge is 0.110 e. The molecule has 0 amide bonds. The quantitative estimate of drug-likeness (QED) is 0.590. The second-order valence-electron chi connectivity index (χ2n) is 1.09. The average molecular weight is 141 g/mol. The third-order valence-electron chi connectivity index (χ3n) is 0.631. The Morgan fingerprint density at radius 1 is 1.67 bits per heavy atom. The molecule has 0 radical (unpaired) electrons. The normalized spacial score (nSPS) is 6.78. The molecule has 1 rings (SSSR count). The molecule has 1 aromatic heterocycles. The van der Waals surface area contributed by atoms with Gasteiger partial charge >= 0.3 is 0 Å². The Bertz CT molecular complexity index is 175. The van der Waals surface area contributed by atoms with E-state index in [4.69, 9.17) is 10.4 Å². The summed E-state index contributed by atoms with van der Waals surface area (Å²) in [6, 6.07) is 5.69. The standard InChI is InChI=1S/C5H3NS.CH4O/c6-4-5-2-1-3-7-5;1-2/h1-3H;2H,1H3. The first-order chi connectivity index (χ1) is 4.43. The monoisotopic (exact) mass is 141 g/mol. The molecule has 0 aliphatic heterocycles. The van der Waals surface area contributed by atoms with Gasteiger partial charge in [-0.15, -0.1) is 11.3 Å². The van der Waals surface area contributed by atoms with Gasteiger partial charge in [0.25, 0.3) is 0 Å². The summed E-state index contributed by atoms with van der Waals surface area (Å²) in [7, 11) is 1.00. The van der Waals surface area contributed by atoms with Gasteiger partial charge in [-0.3, -0.25) is 0 Å². The zero-order valence-electron chi connectivity index (χ0n) is 5.03. The molecule has 9 heavy (non-hydrogen) atoms. The van der Waals surface area contributed by atoms with E-state index in [-0.39, 0.29) is 0 Å². The summed E-state index contributed by atoms with van der Waals surface area (Å²) in [4.78, 5) is 0.778. The van der Waals surface area contributed by atoms with E-state index in [1.54, 1.807) is 6.07 Å². The molecule has 1 N–H and O–H groups in total. The van der Waals surface area contributed by atoms with Crippen molar-refractivity contribution >= 4 is 11.3 Å². The van der Waals surface area contributed by atoms with Crippen LogP contribution in [0.4, 0.5) is 0 Å².